The Morgan fingerprint density at radius 2 is 2.00 bits per heavy atom. The Bertz CT molecular complexity index is 236. The molecular formula is C4H6F3NO2S. The number of alkyl halides is 2. The van der Waals surface area contributed by atoms with Gasteiger partial charge in [-0.15, -0.1) is 11.1 Å². The van der Waals surface area contributed by atoms with Crippen molar-refractivity contribution < 1.29 is 21.7 Å². The molecule has 0 aromatic carbocycles. The Kier molecular flexibility index (Phi) is 3.06. The van der Waals surface area contributed by atoms with Crippen LogP contribution < -0.4 is 4.94 Å². The Labute approximate surface area is 61.9 Å². The molecule has 0 fully saturated rings. The Hall–Kier alpha value is -0.560. The van der Waals surface area contributed by atoms with E-state index in [4.69, 9.17) is 0 Å². The molecule has 0 amide bonds. The molecule has 0 atom stereocenters. The molecule has 0 heterocycles. The highest BCUT2D eigenvalue weighted by molar-refractivity contribution is 7.90. The van der Waals surface area contributed by atoms with Crippen LogP contribution in [0.4, 0.5) is 13.3 Å². The van der Waals surface area contributed by atoms with Gasteiger partial charge >= 0.3 is 15.3 Å². The molecule has 7 heteroatoms. The van der Waals surface area contributed by atoms with Crippen LogP contribution in [0.25, 0.3) is 0 Å². The second-order valence-electron chi connectivity index (χ2n) is 1.71. The number of hydrogen-bond acceptors (Lipinski definition) is 2. The molecule has 3 nitrogen and oxygen atoms in total. The first kappa shape index (κ1) is 10.4. The highest BCUT2D eigenvalue weighted by Gasteiger charge is 2.43. The van der Waals surface area contributed by atoms with E-state index in [1.54, 1.807) is 0 Å². The van der Waals surface area contributed by atoms with Gasteiger partial charge in [0.25, 0.3) is 0 Å². The summed E-state index contributed by atoms with van der Waals surface area (Å²) in [6.45, 7) is 2.90. The van der Waals surface area contributed by atoms with Gasteiger partial charge in [-0.1, -0.05) is 6.08 Å². The molecule has 1 N–H and O–H groups in total. The summed E-state index contributed by atoms with van der Waals surface area (Å²) in [5, 5.41) is -4.14. The van der Waals surface area contributed by atoms with Crippen molar-refractivity contribution in [1.82, 2.24) is 4.94 Å². The Balaban J connectivity index is 4.68. The van der Waals surface area contributed by atoms with Crippen LogP contribution in [0, 0.1) is 0 Å². The fourth-order valence-corrected chi connectivity index (χ4v) is 0.784. The van der Waals surface area contributed by atoms with Gasteiger partial charge in [-0.25, -0.2) is 8.42 Å². The minimum Gasteiger partial charge on any atom is -0.204 e. The summed E-state index contributed by atoms with van der Waals surface area (Å²) in [6.07, 6.45) is -0.429. The molecule has 0 unspecified atom stereocenters. The molecule has 0 aromatic heterocycles. The van der Waals surface area contributed by atoms with Crippen LogP contribution >= 0.6 is 0 Å². The molecule has 0 saturated heterocycles. The number of sulfonamides is 1. The van der Waals surface area contributed by atoms with E-state index >= 15 is 0 Å². The van der Waals surface area contributed by atoms with Gasteiger partial charge in [0.2, 0.25) is 0 Å². The Morgan fingerprint density at radius 1 is 1.55 bits per heavy atom. The molecule has 0 aliphatic heterocycles. The monoisotopic (exact) mass is 189 g/mol. The summed E-state index contributed by atoms with van der Waals surface area (Å²) in [4.78, 5) is 0.0408. The molecule has 0 bridgehead atoms. The van der Waals surface area contributed by atoms with Gasteiger partial charge in [0.1, 0.15) is 0 Å². The van der Waals surface area contributed by atoms with Crippen LogP contribution in [0.1, 0.15) is 6.42 Å². The lowest BCUT2D eigenvalue weighted by atomic mass is 10.4. The number of hydrogen-bond donors (Lipinski definition) is 1. The molecule has 0 spiro atoms. The normalized spacial score (nSPS) is 13.0. The smallest absolute Gasteiger partial charge is 0.204 e. The van der Waals surface area contributed by atoms with Crippen LogP contribution in [-0.2, 0) is 10.0 Å². The van der Waals surface area contributed by atoms with Crippen molar-refractivity contribution in [3.05, 3.63) is 12.7 Å². The molecule has 0 aliphatic rings. The molecule has 0 aliphatic carbocycles. The molecule has 0 rings (SSSR count). The van der Waals surface area contributed by atoms with Crippen molar-refractivity contribution in [1.29, 1.82) is 0 Å². The molecular weight excluding hydrogens is 183 g/mol. The Morgan fingerprint density at radius 3 is 2.27 bits per heavy atom. The van der Waals surface area contributed by atoms with Crippen LogP contribution in [-0.4, -0.2) is 13.7 Å². The van der Waals surface area contributed by atoms with Gasteiger partial charge < -0.3 is 0 Å². The van der Waals surface area contributed by atoms with E-state index in [0.717, 1.165) is 0 Å². The van der Waals surface area contributed by atoms with Gasteiger partial charge in [0, 0.05) is 6.42 Å². The molecule has 66 valence electrons. The summed E-state index contributed by atoms with van der Waals surface area (Å²) in [5.74, 6) is 0. The van der Waals surface area contributed by atoms with Crippen molar-refractivity contribution in [3.8, 4) is 0 Å². The van der Waals surface area contributed by atoms with Crippen molar-refractivity contribution in [2.75, 3.05) is 0 Å². The first-order valence-electron chi connectivity index (χ1n) is 2.48. The van der Waals surface area contributed by atoms with Gasteiger partial charge in [-0.3, -0.25) is 0 Å². The largest absolute Gasteiger partial charge is 0.364 e. The number of allylic oxidation sites excluding steroid dienone is 1. The summed E-state index contributed by atoms with van der Waals surface area (Å²) in [7, 11) is -5.18. The summed E-state index contributed by atoms with van der Waals surface area (Å²) in [5.41, 5.74) is 0. The van der Waals surface area contributed by atoms with Crippen molar-refractivity contribution in [2.45, 2.75) is 11.7 Å². The lowest BCUT2D eigenvalue weighted by Crippen LogP contribution is -2.35. The zero-order valence-corrected chi connectivity index (χ0v) is 6.17. The fourth-order valence-electron chi connectivity index (χ4n) is 0.334. The van der Waals surface area contributed by atoms with E-state index in [2.05, 4.69) is 6.58 Å². The number of rotatable bonds is 4. The standard InChI is InChI=1S/C4H6F3NO2S/c1-2-3-4(5,6)11(9,10)8-7/h2,8H,1,3H2. The quantitative estimate of drug-likeness (QED) is 0.528. The number of nitrogens with one attached hydrogen (secondary N) is 1. The maximum atomic E-state index is 12.2. The van der Waals surface area contributed by atoms with Gasteiger partial charge in [0.15, 0.2) is 0 Å². The summed E-state index contributed by atoms with van der Waals surface area (Å²) in [6, 6.07) is 0. The van der Waals surface area contributed by atoms with Crippen LogP contribution in [0.2, 0.25) is 0 Å². The maximum absolute atomic E-state index is 12.2. The van der Waals surface area contributed by atoms with Gasteiger partial charge in [-0.2, -0.15) is 8.78 Å². The first-order chi connectivity index (χ1) is 4.87. The van der Waals surface area contributed by atoms with E-state index in [1.165, 1.54) is 0 Å². The summed E-state index contributed by atoms with van der Waals surface area (Å²) >= 11 is 0. The number of halogens is 3. The highest BCUT2D eigenvalue weighted by Crippen LogP contribution is 2.24. The van der Waals surface area contributed by atoms with E-state index < -0.39 is 21.7 Å². The van der Waals surface area contributed by atoms with Crippen LogP contribution in [0.3, 0.4) is 0 Å². The average Bonchev–Trinajstić information content (AvgIpc) is 1.87. The van der Waals surface area contributed by atoms with E-state index in [0.29, 0.717) is 6.08 Å². The molecule has 0 aromatic rings. The van der Waals surface area contributed by atoms with Gasteiger partial charge in [-0.05, 0) is 4.94 Å². The third kappa shape index (κ3) is 2.19. The SMILES string of the molecule is C=CCC(F)(F)S(=O)(=O)NF. The van der Waals surface area contributed by atoms with Crippen LogP contribution in [0.15, 0.2) is 12.7 Å². The summed E-state index contributed by atoms with van der Waals surface area (Å²) < 4.78 is 56.0. The lowest BCUT2D eigenvalue weighted by molar-refractivity contribution is 0.0906. The minimum absolute atomic E-state index is 0.0408. The average molecular weight is 189 g/mol. The lowest BCUT2D eigenvalue weighted by Gasteiger charge is -2.11. The van der Waals surface area contributed by atoms with Crippen molar-refractivity contribution >= 4 is 10.0 Å². The van der Waals surface area contributed by atoms with Crippen molar-refractivity contribution in [2.24, 2.45) is 0 Å². The molecule has 11 heavy (non-hydrogen) atoms. The first-order valence-corrected chi connectivity index (χ1v) is 3.96. The molecule has 0 saturated carbocycles. The third-order valence-corrected chi connectivity index (χ3v) is 2.03. The zero-order valence-electron chi connectivity index (χ0n) is 5.35. The molecule has 0 radical (unpaired) electrons. The van der Waals surface area contributed by atoms with E-state index in [1.807, 2.05) is 0 Å². The fraction of sp³-hybridized carbons (Fsp3) is 0.500. The third-order valence-electron chi connectivity index (χ3n) is 0.877. The second kappa shape index (κ2) is 3.22. The topological polar surface area (TPSA) is 46.2 Å². The minimum atomic E-state index is -5.18. The highest BCUT2D eigenvalue weighted by atomic mass is 32.2. The maximum Gasteiger partial charge on any atom is 0.364 e. The second-order valence-corrected chi connectivity index (χ2v) is 3.47. The van der Waals surface area contributed by atoms with E-state index in [9.17, 15) is 21.7 Å². The predicted octanol–water partition coefficient (Wildman–Crippen LogP) is 0.959. The van der Waals surface area contributed by atoms with Crippen LogP contribution in [0.5, 0.6) is 0 Å². The predicted molar refractivity (Wildman–Crippen MR) is 32.9 cm³/mol. The van der Waals surface area contributed by atoms with Crippen molar-refractivity contribution in [3.63, 3.8) is 0 Å². The van der Waals surface area contributed by atoms with Gasteiger partial charge in [0.05, 0.1) is 0 Å². The van der Waals surface area contributed by atoms with E-state index in [-0.39, 0.29) is 4.94 Å². The zero-order chi connectivity index (χ0) is 9.12.